The molecule has 0 aliphatic heterocycles. The number of benzene rings is 7. The predicted octanol–water partition coefficient (Wildman–Crippen LogP) is 10.4. The highest BCUT2D eigenvalue weighted by Gasteiger charge is 2.21. The molecule has 0 atom stereocenters. The molecule has 1 heteroatoms. The van der Waals surface area contributed by atoms with E-state index in [2.05, 4.69) is 143 Å². The molecule has 0 aliphatic carbocycles. The average Bonchev–Trinajstić information content (AvgIpc) is 2.94. The predicted molar refractivity (Wildman–Crippen MR) is 155 cm³/mol. The Bertz CT molecular complexity index is 1840. The first kappa shape index (κ1) is 20.4. The lowest BCUT2D eigenvalue weighted by Gasteiger charge is -2.22. The van der Waals surface area contributed by atoms with Gasteiger partial charge in [0.2, 0.25) is 0 Å². The Labute approximate surface area is 212 Å². The van der Waals surface area contributed by atoms with Crippen molar-refractivity contribution in [2.24, 2.45) is 0 Å². The topological polar surface area (TPSA) is 0 Å². The molecule has 0 aromatic heterocycles. The minimum Gasteiger partial charge on any atom is -0.0622 e. The highest BCUT2D eigenvalue weighted by Crippen LogP contribution is 2.49. The quantitative estimate of drug-likeness (QED) is 0.161. The maximum absolute atomic E-state index is 3.94. The van der Waals surface area contributed by atoms with Gasteiger partial charge in [0.1, 0.15) is 0 Å². The molecule has 0 fully saturated rings. The Balaban J connectivity index is 1.83. The summed E-state index contributed by atoms with van der Waals surface area (Å²) in [5.74, 6) is 0. The molecular weight excluding hydrogens is 488 g/mol. The van der Waals surface area contributed by atoms with E-state index in [1.54, 1.807) is 0 Å². The van der Waals surface area contributed by atoms with Crippen LogP contribution in [-0.2, 0) is 0 Å². The molecule has 0 saturated carbocycles. The molecule has 7 aromatic carbocycles. The van der Waals surface area contributed by atoms with Crippen molar-refractivity contribution in [1.29, 1.82) is 0 Å². The maximum atomic E-state index is 3.94. The highest BCUT2D eigenvalue weighted by molar-refractivity contribution is 9.10. The summed E-state index contributed by atoms with van der Waals surface area (Å²) in [5, 5.41) is 10.1. The van der Waals surface area contributed by atoms with E-state index in [0.717, 1.165) is 4.47 Å². The second-order valence-corrected chi connectivity index (χ2v) is 9.78. The third-order valence-electron chi connectivity index (χ3n) is 7.11. The van der Waals surface area contributed by atoms with E-state index in [0.29, 0.717) is 0 Å². The normalized spacial score (nSPS) is 11.6. The lowest BCUT2D eigenvalue weighted by atomic mass is 9.82. The molecular formula is C34H21Br. The van der Waals surface area contributed by atoms with Gasteiger partial charge >= 0.3 is 0 Å². The van der Waals surface area contributed by atoms with E-state index in [1.165, 1.54) is 65.3 Å². The summed E-state index contributed by atoms with van der Waals surface area (Å²) >= 11 is 3.94. The fraction of sp³-hybridized carbons (Fsp3) is 0. The Morgan fingerprint density at radius 3 is 1.11 bits per heavy atom. The van der Waals surface area contributed by atoms with Crippen LogP contribution in [0.15, 0.2) is 132 Å². The second kappa shape index (κ2) is 8.08. The number of fused-ring (bicyclic) bond motifs is 5. The summed E-state index contributed by atoms with van der Waals surface area (Å²) < 4.78 is 1.15. The van der Waals surface area contributed by atoms with Crippen molar-refractivity contribution in [3.05, 3.63) is 132 Å². The molecule has 0 aliphatic rings. The minimum absolute atomic E-state index is 1.15. The molecule has 0 heterocycles. The Morgan fingerprint density at radius 2 is 0.629 bits per heavy atom. The Hall–Kier alpha value is -3.94. The molecule has 0 nitrogen and oxygen atoms in total. The van der Waals surface area contributed by atoms with Gasteiger partial charge in [0.15, 0.2) is 0 Å². The number of rotatable bonds is 2. The van der Waals surface area contributed by atoms with Crippen LogP contribution in [0.1, 0.15) is 0 Å². The lowest BCUT2D eigenvalue weighted by molar-refractivity contribution is 1.65. The van der Waals surface area contributed by atoms with Gasteiger partial charge in [-0.3, -0.25) is 0 Å². The summed E-state index contributed by atoms with van der Waals surface area (Å²) in [5.41, 5.74) is 5.11. The van der Waals surface area contributed by atoms with Crippen molar-refractivity contribution in [2.75, 3.05) is 0 Å². The van der Waals surface area contributed by atoms with Crippen LogP contribution in [0.3, 0.4) is 0 Å². The first-order valence-electron chi connectivity index (χ1n) is 11.9. The van der Waals surface area contributed by atoms with Gasteiger partial charge < -0.3 is 0 Å². The van der Waals surface area contributed by atoms with Crippen LogP contribution in [0, 0.1) is 0 Å². The van der Waals surface area contributed by atoms with Crippen LogP contribution in [0.25, 0.3) is 65.3 Å². The van der Waals surface area contributed by atoms with Gasteiger partial charge in [-0.25, -0.2) is 0 Å². The maximum Gasteiger partial charge on any atom is 0.0332 e. The summed E-state index contributed by atoms with van der Waals surface area (Å²) in [7, 11) is 0. The van der Waals surface area contributed by atoms with E-state index >= 15 is 0 Å². The fourth-order valence-corrected chi connectivity index (χ4v) is 6.34. The third kappa shape index (κ3) is 3.05. The van der Waals surface area contributed by atoms with Gasteiger partial charge in [-0.15, -0.1) is 0 Å². The SMILES string of the molecule is Brc1c2ccccc2c(-c2c(-c3ccccc3)c3ccccc3c3ccccc23)c2ccccc12. The molecule has 7 rings (SSSR count). The summed E-state index contributed by atoms with van der Waals surface area (Å²) in [6.45, 7) is 0. The van der Waals surface area contributed by atoms with Gasteiger partial charge in [0.05, 0.1) is 0 Å². The number of hydrogen-bond donors (Lipinski definition) is 0. The molecule has 0 saturated heterocycles. The van der Waals surface area contributed by atoms with Crippen LogP contribution in [0.2, 0.25) is 0 Å². The van der Waals surface area contributed by atoms with Crippen molar-refractivity contribution in [2.45, 2.75) is 0 Å². The summed E-state index contributed by atoms with van der Waals surface area (Å²) in [4.78, 5) is 0. The number of hydrogen-bond acceptors (Lipinski definition) is 0. The van der Waals surface area contributed by atoms with Crippen LogP contribution in [-0.4, -0.2) is 0 Å². The van der Waals surface area contributed by atoms with E-state index in [1.807, 2.05) is 0 Å². The molecule has 164 valence electrons. The molecule has 0 radical (unpaired) electrons. The van der Waals surface area contributed by atoms with Crippen molar-refractivity contribution < 1.29 is 0 Å². The smallest absolute Gasteiger partial charge is 0.0332 e. The van der Waals surface area contributed by atoms with Crippen LogP contribution in [0.5, 0.6) is 0 Å². The van der Waals surface area contributed by atoms with E-state index in [-0.39, 0.29) is 0 Å². The van der Waals surface area contributed by atoms with Crippen molar-refractivity contribution >= 4 is 59.0 Å². The second-order valence-electron chi connectivity index (χ2n) is 8.99. The molecule has 35 heavy (non-hydrogen) atoms. The van der Waals surface area contributed by atoms with Gasteiger partial charge in [0, 0.05) is 4.47 Å². The molecule has 0 unspecified atom stereocenters. The van der Waals surface area contributed by atoms with Gasteiger partial charge in [-0.05, 0) is 81.3 Å². The van der Waals surface area contributed by atoms with Gasteiger partial charge in [0.25, 0.3) is 0 Å². The van der Waals surface area contributed by atoms with Crippen LogP contribution < -0.4 is 0 Å². The summed E-state index contributed by atoms with van der Waals surface area (Å²) in [6.07, 6.45) is 0. The van der Waals surface area contributed by atoms with Gasteiger partial charge in [-0.1, -0.05) is 127 Å². The standard InChI is InChI=1S/C34H21Br/c35-34-29-20-10-8-18-27(29)32(28-19-9-11-21-30(28)34)33-26-17-7-5-15-24(26)23-14-4-6-16-25(23)31(33)22-12-2-1-3-13-22/h1-21H. The van der Waals surface area contributed by atoms with Gasteiger partial charge in [-0.2, -0.15) is 0 Å². The Kier molecular flexibility index (Phi) is 4.72. The van der Waals surface area contributed by atoms with E-state index in [9.17, 15) is 0 Å². The molecule has 7 aromatic rings. The van der Waals surface area contributed by atoms with E-state index < -0.39 is 0 Å². The van der Waals surface area contributed by atoms with Crippen molar-refractivity contribution in [3.63, 3.8) is 0 Å². The zero-order valence-electron chi connectivity index (χ0n) is 19.0. The third-order valence-corrected chi connectivity index (χ3v) is 7.97. The zero-order valence-corrected chi connectivity index (χ0v) is 20.6. The van der Waals surface area contributed by atoms with Crippen LogP contribution >= 0.6 is 15.9 Å². The lowest BCUT2D eigenvalue weighted by Crippen LogP contribution is -1.94. The monoisotopic (exact) mass is 508 g/mol. The largest absolute Gasteiger partial charge is 0.0622 e. The fourth-order valence-electron chi connectivity index (χ4n) is 5.65. The summed E-state index contributed by atoms with van der Waals surface area (Å²) in [6, 6.07) is 46.1. The highest BCUT2D eigenvalue weighted by atomic mass is 79.9. The Morgan fingerprint density at radius 1 is 0.286 bits per heavy atom. The average molecular weight is 509 g/mol. The molecule has 0 spiro atoms. The van der Waals surface area contributed by atoms with E-state index in [4.69, 9.17) is 0 Å². The van der Waals surface area contributed by atoms with Crippen LogP contribution in [0.4, 0.5) is 0 Å². The minimum atomic E-state index is 1.15. The number of halogens is 1. The van der Waals surface area contributed by atoms with Crippen molar-refractivity contribution in [3.8, 4) is 22.3 Å². The zero-order chi connectivity index (χ0) is 23.4. The molecule has 0 amide bonds. The van der Waals surface area contributed by atoms with Crippen molar-refractivity contribution in [1.82, 2.24) is 0 Å². The first-order valence-corrected chi connectivity index (χ1v) is 12.7. The molecule has 0 N–H and O–H groups in total. The molecule has 0 bridgehead atoms. The first-order chi connectivity index (χ1) is 17.3.